The number of benzene rings is 2. The Labute approximate surface area is 177 Å². The average molecular weight is 423 g/mol. The number of aromatic nitrogens is 3. The Morgan fingerprint density at radius 1 is 1.23 bits per heavy atom. The number of nitrogens with zero attached hydrogens (tertiary/aromatic N) is 3. The molecule has 2 atom stereocenters. The number of carbonyl (C=O) groups excluding carboxylic acids is 1. The van der Waals surface area contributed by atoms with Crippen molar-refractivity contribution in [1.82, 2.24) is 25.0 Å². The average Bonchev–Trinajstić information content (AvgIpc) is 3.29. The van der Waals surface area contributed by atoms with Crippen LogP contribution in [0.25, 0.3) is 21.8 Å². The molecule has 160 valence electrons. The molecule has 3 heterocycles. The molecule has 1 aliphatic heterocycles. The second-order valence-corrected chi connectivity index (χ2v) is 7.98. The summed E-state index contributed by atoms with van der Waals surface area (Å²) in [5.41, 5.74) is 2.63. The number of rotatable bonds is 4. The Bertz CT molecular complexity index is 1280. The second-order valence-electron chi connectivity index (χ2n) is 7.98. The summed E-state index contributed by atoms with van der Waals surface area (Å²) in [5.74, 6) is -0.941. The minimum absolute atomic E-state index is 0.202. The molecule has 6 nitrogen and oxygen atoms in total. The summed E-state index contributed by atoms with van der Waals surface area (Å²) in [5, 5.41) is 11.6. The van der Waals surface area contributed by atoms with Crippen LogP contribution in [0.5, 0.6) is 0 Å². The van der Waals surface area contributed by atoms with E-state index in [9.17, 15) is 13.6 Å². The van der Waals surface area contributed by atoms with Crippen molar-refractivity contribution in [3.63, 3.8) is 0 Å². The maximum Gasteiger partial charge on any atom is 0.253 e. The van der Waals surface area contributed by atoms with Crippen molar-refractivity contribution in [3.8, 4) is 0 Å². The number of amides is 1. The number of fused-ring (bicyclic) bond motifs is 2. The molecule has 31 heavy (non-hydrogen) atoms. The second kappa shape index (κ2) is 7.77. The van der Waals surface area contributed by atoms with Gasteiger partial charge in [-0.2, -0.15) is 5.10 Å². The fourth-order valence-electron chi connectivity index (χ4n) is 4.41. The minimum atomic E-state index is -1.17. The first-order chi connectivity index (χ1) is 15.0. The molecule has 4 aromatic rings. The van der Waals surface area contributed by atoms with Crippen LogP contribution in [0, 0.1) is 5.82 Å². The number of alkyl halides is 1. The highest BCUT2D eigenvalue weighted by Gasteiger charge is 2.28. The quantitative estimate of drug-likeness (QED) is 0.530. The predicted octanol–water partition coefficient (Wildman–Crippen LogP) is 3.15. The summed E-state index contributed by atoms with van der Waals surface area (Å²) in [6, 6.07) is 12.0. The summed E-state index contributed by atoms with van der Waals surface area (Å²) >= 11 is 0. The Morgan fingerprint density at radius 2 is 2.03 bits per heavy atom. The largest absolute Gasteiger partial charge is 0.346 e. The molecule has 2 unspecified atom stereocenters. The van der Waals surface area contributed by atoms with Gasteiger partial charge >= 0.3 is 0 Å². The summed E-state index contributed by atoms with van der Waals surface area (Å²) in [7, 11) is 1.88. The lowest BCUT2D eigenvalue weighted by Crippen LogP contribution is -2.50. The van der Waals surface area contributed by atoms with E-state index < -0.39 is 23.9 Å². The van der Waals surface area contributed by atoms with Crippen molar-refractivity contribution >= 4 is 27.7 Å². The van der Waals surface area contributed by atoms with Crippen LogP contribution in [-0.2, 0) is 13.6 Å². The van der Waals surface area contributed by atoms with E-state index in [0.29, 0.717) is 25.0 Å². The van der Waals surface area contributed by atoms with Crippen molar-refractivity contribution < 1.29 is 13.6 Å². The highest BCUT2D eigenvalue weighted by atomic mass is 19.1. The van der Waals surface area contributed by atoms with Gasteiger partial charge < -0.3 is 15.2 Å². The van der Waals surface area contributed by atoms with Gasteiger partial charge in [0, 0.05) is 30.6 Å². The Kier molecular flexibility index (Phi) is 4.94. The predicted molar refractivity (Wildman–Crippen MR) is 115 cm³/mol. The molecule has 0 radical (unpaired) electrons. The highest BCUT2D eigenvalue weighted by molar-refractivity contribution is 6.07. The number of nitrogens with one attached hydrogen (secondary N) is 2. The molecule has 1 fully saturated rings. The van der Waals surface area contributed by atoms with Crippen LogP contribution >= 0.6 is 0 Å². The molecule has 0 saturated carbocycles. The van der Waals surface area contributed by atoms with Gasteiger partial charge in [-0.25, -0.2) is 8.78 Å². The lowest BCUT2D eigenvalue weighted by atomic mass is 10.0. The molecule has 2 aromatic heterocycles. The summed E-state index contributed by atoms with van der Waals surface area (Å²) < 4.78 is 32.6. The van der Waals surface area contributed by atoms with Crippen LogP contribution < -0.4 is 10.6 Å². The van der Waals surface area contributed by atoms with E-state index in [1.807, 2.05) is 40.6 Å². The van der Waals surface area contributed by atoms with Crippen LogP contribution in [0.2, 0.25) is 0 Å². The summed E-state index contributed by atoms with van der Waals surface area (Å²) in [6.45, 7) is 1.22. The molecule has 1 aliphatic rings. The highest BCUT2D eigenvalue weighted by Crippen LogP contribution is 2.27. The van der Waals surface area contributed by atoms with Gasteiger partial charge in [0.25, 0.3) is 5.91 Å². The van der Waals surface area contributed by atoms with Crippen LogP contribution in [-0.4, -0.2) is 45.6 Å². The van der Waals surface area contributed by atoms with Crippen LogP contribution in [0.3, 0.4) is 0 Å². The van der Waals surface area contributed by atoms with E-state index in [4.69, 9.17) is 0 Å². The number of piperidine rings is 1. The zero-order chi connectivity index (χ0) is 21.5. The van der Waals surface area contributed by atoms with Crippen LogP contribution in [0.15, 0.2) is 48.7 Å². The molecule has 0 spiro atoms. The van der Waals surface area contributed by atoms with Gasteiger partial charge in [0.2, 0.25) is 0 Å². The number of halogens is 2. The third kappa shape index (κ3) is 3.46. The topological polar surface area (TPSA) is 63.9 Å². The zero-order valence-corrected chi connectivity index (χ0v) is 17.1. The molecule has 1 saturated heterocycles. The van der Waals surface area contributed by atoms with E-state index in [-0.39, 0.29) is 17.5 Å². The smallest absolute Gasteiger partial charge is 0.253 e. The van der Waals surface area contributed by atoms with Crippen LogP contribution in [0.4, 0.5) is 8.78 Å². The summed E-state index contributed by atoms with van der Waals surface area (Å²) in [4.78, 5) is 13.0. The van der Waals surface area contributed by atoms with E-state index >= 15 is 0 Å². The molecule has 2 aromatic carbocycles. The van der Waals surface area contributed by atoms with Gasteiger partial charge in [0.1, 0.15) is 12.0 Å². The fourth-order valence-corrected chi connectivity index (χ4v) is 4.41. The van der Waals surface area contributed by atoms with E-state index in [0.717, 1.165) is 16.6 Å². The van der Waals surface area contributed by atoms with Crippen molar-refractivity contribution in [2.24, 2.45) is 7.05 Å². The number of para-hydroxylation sites is 1. The minimum Gasteiger partial charge on any atom is -0.346 e. The maximum atomic E-state index is 14.8. The molecule has 5 rings (SSSR count). The number of carbonyl (C=O) groups is 1. The third-order valence-corrected chi connectivity index (χ3v) is 5.98. The van der Waals surface area contributed by atoms with Gasteiger partial charge in [-0.3, -0.25) is 9.48 Å². The van der Waals surface area contributed by atoms with Crippen molar-refractivity contribution in [2.75, 3.05) is 13.1 Å². The van der Waals surface area contributed by atoms with E-state index in [1.165, 1.54) is 6.07 Å². The SMILES string of the molecule is Cn1nc(Cn2cc(C(=O)NC3CCNCC3F)c3c(F)cccc32)c2ccccc21. The molecule has 0 aliphatic carbocycles. The van der Waals surface area contributed by atoms with E-state index in [2.05, 4.69) is 15.7 Å². The lowest BCUT2D eigenvalue weighted by Gasteiger charge is -2.27. The van der Waals surface area contributed by atoms with Gasteiger partial charge in [-0.1, -0.05) is 24.3 Å². The lowest BCUT2D eigenvalue weighted by molar-refractivity contribution is 0.0893. The van der Waals surface area contributed by atoms with Crippen molar-refractivity contribution in [3.05, 3.63) is 65.7 Å². The fraction of sp³-hybridized carbons (Fsp3) is 0.304. The van der Waals surface area contributed by atoms with Crippen LogP contribution in [0.1, 0.15) is 22.5 Å². The third-order valence-electron chi connectivity index (χ3n) is 5.98. The molecule has 8 heteroatoms. The van der Waals surface area contributed by atoms with E-state index in [1.54, 1.807) is 18.3 Å². The number of hydrogen-bond acceptors (Lipinski definition) is 3. The monoisotopic (exact) mass is 423 g/mol. The first-order valence-corrected chi connectivity index (χ1v) is 10.4. The number of hydrogen-bond donors (Lipinski definition) is 2. The number of aryl methyl sites for hydroxylation is 1. The standard InChI is InChI=1S/C23H23F2N5O/c1-29-20-7-3-2-5-14(20)19(28-29)13-30-12-15(22-16(24)6-4-8-21(22)30)23(31)27-18-9-10-26-11-17(18)25/h2-8,12,17-18,26H,9-11,13H2,1H3,(H,27,31). The molecule has 2 N–H and O–H groups in total. The first kappa shape index (κ1) is 19.7. The van der Waals surface area contributed by atoms with Gasteiger partial charge in [0.15, 0.2) is 0 Å². The van der Waals surface area contributed by atoms with Gasteiger partial charge in [-0.15, -0.1) is 0 Å². The molecular formula is C23H23F2N5O. The first-order valence-electron chi connectivity index (χ1n) is 10.4. The zero-order valence-electron chi connectivity index (χ0n) is 17.1. The molecular weight excluding hydrogens is 400 g/mol. The summed E-state index contributed by atoms with van der Waals surface area (Å²) in [6.07, 6.45) is 0.963. The molecule has 0 bridgehead atoms. The Balaban J connectivity index is 1.54. The van der Waals surface area contributed by atoms with Crippen molar-refractivity contribution in [2.45, 2.75) is 25.2 Å². The Morgan fingerprint density at radius 3 is 2.87 bits per heavy atom. The normalized spacial score (nSPS) is 19.2. The Hall–Kier alpha value is -3.26. The molecule has 1 amide bonds. The van der Waals surface area contributed by atoms with Gasteiger partial charge in [-0.05, 0) is 31.2 Å². The van der Waals surface area contributed by atoms with Gasteiger partial charge in [0.05, 0.1) is 34.9 Å². The van der Waals surface area contributed by atoms with Crippen molar-refractivity contribution in [1.29, 1.82) is 0 Å². The maximum absolute atomic E-state index is 14.8.